The number of ether oxygens (including phenoxy) is 1. The molecule has 0 radical (unpaired) electrons. The van der Waals surface area contributed by atoms with Gasteiger partial charge in [-0.15, -0.1) is 0 Å². The van der Waals surface area contributed by atoms with Gasteiger partial charge in [-0.25, -0.2) is 4.39 Å². The van der Waals surface area contributed by atoms with Gasteiger partial charge in [-0.3, -0.25) is 10.1 Å². The average molecular weight is 348 g/mol. The van der Waals surface area contributed by atoms with E-state index in [1.54, 1.807) is 12.1 Å². The first-order chi connectivity index (χ1) is 12.0. The molecule has 1 atom stereocenters. The van der Waals surface area contributed by atoms with Crippen LogP contribution in [0.1, 0.15) is 12.8 Å². The lowest BCUT2D eigenvalue weighted by atomic mass is 10.2. The van der Waals surface area contributed by atoms with Crippen LogP contribution in [0, 0.1) is 15.9 Å². The van der Waals surface area contributed by atoms with Crippen LogP contribution in [0.15, 0.2) is 24.3 Å². The van der Waals surface area contributed by atoms with E-state index in [4.69, 9.17) is 10.5 Å². The predicted octanol–water partition coefficient (Wildman–Crippen LogP) is 2.44. The zero-order valence-corrected chi connectivity index (χ0v) is 13.2. The van der Waals surface area contributed by atoms with Gasteiger partial charge in [-0.1, -0.05) is 12.1 Å². The van der Waals surface area contributed by atoms with E-state index in [9.17, 15) is 14.5 Å². The van der Waals surface area contributed by atoms with Crippen LogP contribution in [-0.2, 0) is 4.74 Å². The molecule has 1 aliphatic heterocycles. The number of nitrogens with zero attached hydrogens (tertiary/aromatic N) is 3. The molecule has 2 aromatic rings. The first-order valence-electron chi connectivity index (χ1n) is 7.73. The van der Waals surface area contributed by atoms with Gasteiger partial charge in [0.05, 0.1) is 16.7 Å². The highest BCUT2D eigenvalue weighted by Crippen LogP contribution is 2.30. The molecule has 3 rings (SSSR count). The molecule has 25 heavy (non-hydrogen) atoms. The van der Waals surface area contributed by atoms with Crippen molar-refractivity contribution in [3.05, 3.63) is 40.2 Å². The van der Waals surface area contributed by atoms with Gasteiger partial charge >= 0.3 is 5.69 Å². The zero-order valence-electron chi connectivity index (χ0n) is 13.2. The number of benzene rings is 1. The number of nitrogens with two attached hydrogens (primary N) is 1. The number of para-hydroxylation sites is 1. The number of anilines is 4. The fourth-order valence-electron chi connectivity index (χ4n) is 2.53. The van der Waals surface area contributed by atoms with Crippen LogP contribution in [0.3, 0.4) is 0 Å². The number of nitrogen functional groups attached to an aromatic ring is 1. The Morgan fingerprint density at radius 2 is 2.20 bits per heavy atom. The first-order valence-corrected chi connectivity index (χ1v) is 7.73. The molecule has 132 valence electrons. The third-order valence-electron chi connectivity index (χ3n) is 3.74. The molecule has 1 fully saturated rings. The first kappa shape index (κ1) is 16.8. The normalized spacial score (nSPS) is 16.6. The van der Waals surface area contributed by atoms with Gasteiger partial charge in [-0.2, -0.15) is 9.97 Å². The molecule has 2 heterocycles. The van der Waals surface area contributed by atoms with Crippen molar-refractivity contribution < 1.29 is 14.1 Å². The van der Waals surface area contributed by atoms with E-state index in [0.717, 1.165) is 12.8 Å². The lowest BCUT2D eigenvalue weighted by molar-refractivity contribution is -0.383. The minimum Gasteiger partial charge on any atom is -0.378 e. The van der Waals surface area contributed by atoms with E-state index in [1.807, 2.05) is 0 Å². The topological polar surface area (TPSA) is 128 Å². The summed E-state index contributed by atoms with van der Waals surface area (Å²) in [4.78, 5) is 18.5. The second kappa shape index (κ2) is 7.26. The van der Waals surface area contributed by atoms with E-state index in [2.05, 4.69) is 20.6 Å². The Balaban J connectivity index is 1.86. The Kier molecular flexibility index (Phi) is 4.89. The van der Waals surface area contributed by atoms with Crippen molar-refractivity contribution in [2.24, 2.45) is 0 Å². The highest BCUT2D eigenvalue weighted by molar-refractivity contribution is 5.71. The zero-order chi connectivity index (χ0) is 17.8. The van der Waals surface area contributed by atoms with Crippen LogP contribution in [-0.4, -0.2) is 34.1 Å². The summed E-state index contributed by atoms with van der Waals surface area (Å²) in [5.41, 5.74) is 5.42. The summed E-state index contributed by atoms with van der Waals surface area (Å²) < 4.78 is 19.2. The van der Waals surface area contributed by atoms with Crippen LogP contribution >= 0.6 is 0 Å². The molecule has 0 spiro atoms. The highest BCUT2D eigenvalue weighted by Gasteiger charge is 2.25. The van der Waals surface area contributed by atoms with E-state index in [-0.39, 0.29) is 29.4 Å². The summed E-state index contributed by atoms with van der Waals surface area (Å²) in [5.74, 6) is -0.888. The third-order valence-corrected chi connectivity index (χ3v) is 3.74. The maximum Gasteiger partial charge on any atom is 0.353 e. The van der Waals surface area contributed by atoms with E-state index in [1.165, 1.54) is 12.1 Å². The number of hydrogen-bond donors (Lipinski definition) is 3. The van der Waals surface area contributed by atoms with Gasteiger partial charge in [-0.05, 0) is 25.0 Å². The minimum atomic E-state index is -0.653. The summed E-state index contributed by atoms with van der Waals surface area (Å²) >= 11 is 0. The van der Waals surface area contributed by atoms with Gasteiger partial charge in [0.2, 0.25) is 17.6 Å². The minimum absolute atomic E-state index is 0.0353. The summed E-state index contributed by atoms with van der Waals surface area (Å²) in [7, 11) is 0. The van der Waals surface area contributed by atoms with Crippen molar-refractivity contribution in [2.45, 2.75) is 18.9 Å². The SMILES string of the molecule is Nc1nc(Nc2ccccc2F)nc(NC[C@@H]2CCCO2)c1[N+](=O)[O-]. The maximum absolute atomic E-state index is 13.7. The summed E-state index contributed by atoms with van der Waals surface area (Å²) in [6, 6.07) is 5.94. The number of rotatable bonds is 6. The number of halogens is 1. The van der Waals surface area contributed by atoms with Gasteiger partial charge < -0.3 is 21.1 Å². The van der Waals surface area contributed by atoms with Crippen molar-refractivity contribution in [3.8, 4) is 0 Å². The second-order valence-corrected chi connectivity index (χ2v) is 5.51. The molecule has 0 amide bonds. The lowest BCUT2D eigenvalue weighted by Crippen LogP contribution is -2.20. The molecule has 0 aliphatic carbocycles. The smallest absolute Gasteiger partial charge is 0.353 e. The number of nitrogens with one attached hydrogen (secondary N) is 2. The Labute approximate surface area is 142 Å². The standard InChI is InChI=1S/C15H17FN6O3/c16-10-5-1-2-6-11(10)19-15-20-13(17)12(22(23)24)14(21-15)18-8-9-4-3-7-25-9/h1-2,5-6,9H,3-4,7-8H2,(H4,17,18,19,20,21)/t9-/m0/s1. The molecule has 0 unspecified atom stereocenters. The largest absolute Gasteiger partial charge is 0.378 e. The summed E-state index contributed by atoms with van der Waals surface area (Å²) in [6.07, 6.45) is 1.76. The predicted molar refractivity (Wildman–Crippen MR) is 90.2 cm³/mol. The summed E-state index contributed by atoms with van der Waals surface area (Å²) in [5, 5.41) is 16.8. The van der Waals surface area contributed by atoms with Crippen molar-refractivity contribution in [1.82, 2.24) is 9.97 Å². The Bertz CT molecular complexity index is 782. The van der Waals surface area contributed by atoms with Crippen LogP contribution < -0.4 is 16.4 Å². The maximum atomic E-state index is 13.7. The highest BCUT2D eigenvalue weighted by atomic mass is 19.1. The Hall–Kier alpha value is -3.01. The van der Waals surface area contributed by atoms with Crippen molar-refractivity contribution >= 4 is 29.0 Å². The fourth-order valence-corrected chi connectivity index (χ4v) is 2.53. The molecule has 9 nitrogen and oxygen atoms in total. The molecular weight excluding hydrogens is 331 g/mol. The summed E-state index contributed by atoms with van der Waals surface area (Å²) in [6.45, 7) is 1.02. The van der Waals surface area contributed by atoms with Crippen LogP contribution in [0.2, 0.25) is 0 Å². The molecule has 0 bridgehead atoms. The lowest BCUT2D eigenvalue weighted by Gasteiger charge is -2.13. The third kappa shape index (κ3) is 3.91. The number of hydrogen-bond acceptors (Lipinski definition) is 8. The molecule has 10 heteroatoms. The van der Waals surface area contributed by atoms with E-state index < -0.39 is 16.4 Å². The molecule has 1 saturated heterocycles. The second-order valence-electron chi connectivity index (χ2n) is 5.51. The van der Waals surface area contributed by atoms with E-state index in [0.29, 0.717) is 13.2 Å². The average Bonchev–Trinajstić information content (AvgIpc) is 3.08. The number of aromatic nitrogens is 2. The van der Waals surface area contributed by atoms with Gasteiger partial charge in [0.25, 0.3) is 0 Å². The molecule has 4 N–H and O–H groups in total. The van der Waals surface area contributed by atoms with Crippen LogP contribution in [0.5, 0.6) is 0 Å². The molecular formula is C15H17FN6O3. The molecule has 1 aromatic carbocycles. The van der Waals surface area contributed by atoms with Crippen LogP contribution in [0.25, 0.3) is 0 Å². The molecule has 0 saturated carbocycles. The number of nitro groups is 1. The Morgan fingerprint density at radius 3 is 2.88 bits per heavy atom. The molecule has 1 aromatic heterocycles. The van der Waals surface area contributed by atoms with Gasteiger partial charge in [0.15, 0.2) is 0 Å². The van der Waals surface area contributed by atoms with Gasteiger partial charge in [0.1, 0.15) is 5.82 Å². The molecule has 1 aliphatic rings. The quantitative estimate of drug-likeness (QED) is 0.536. The monoisotopic (exact) mass is 348 g/mol. The fraction of sp³-hybridized carbons (Fsp3) is 0.333. The van der Waals surface area contributed by atoms with Crippen molar-refractivity contribution in [1.29, 1.82) is 0 Å². The Morgan fingerprint density at radius 1 is 1.40 bits per heavy atom. The van der Waals surface area contributed by atoms with Gasteiger partial charge in [0, 0.05) is 13.2 Å². The van der Waals surface area contributed by atoms with E-state index >= 15 is 0 Å². The van der Waals surface area contributed by atoms with Crippen molar-refractivity contribution in [2.75, 3.05) is 29.5 Å². The van der Waals surface area contributed by atoms with Crippen molar-refractivity contribution in [3.63, 3.8) is 0 Å². The van der Waals surface area contributed by atoms with Crippen LogP contribution in [0.4, 0.5) is 33.3 Å².